The van der Waals surface area contributed by atoms with E-state index in [0.717, 1.165) is 19.4 Å². The Bertz CT molecular complexity index is 487. The number of hydrogen-bond donors (Lipinski definition) is 2. The summed E-state index contributed by atoms with van der Waals surface area (Å²) < 4.78 is 28.4. The van der Waals surface area contributed by atoms with Crippen molar-refractivity contribution >= 4 is 21.8 Å². The Balaban J connectivity index is 2.50. The first kappa shape index (κ1) is 17.5. The minimum atomic E-state index is -3.43. The molecule has 0 aliphatic heterocycles. The molecule has 0 saturated heterocycles. The van der Waals surface area contributed by atoms with Crippen LogP contribution in [0.1, 0.15) is 19.8 Å². The van der Waals surface area contributed by atoms with Crippen LogP contribution in [0.25, 0.3) is 0 Å². The zero-order chi connectivity index (χ0) is 15.0. The van der Waals surface area contributed by atoms with Gasteiger partial charge in [0.2, 0.25) is 10.0 Å². The third kappa shape index (κ3) is 5.82. The van der Waals surface area contributed by atoms with Gasteiger partial charge >= 0.3 is 0 Å². The SMILES string of the molecule is CNCCCn1cc(S(=O)(=O)NCCC(C)SC)cn1. The van der Waals surface area contributed by atoms with E-state index < -0.39 is 10.0 Å². The number of sulfonamides is 1. The number of rotatable bonds is 10. The normalized spacial score (nSPS) is 13.6. The molecule has 0 amide bonds. The third-order valence-electron chi connectivity index (χ3n) is 2.98. The predicted octanol–water partition coefficient (Wildman–Crippen LogP) is 0.913. The van der Waals surface area contributed by atoms with Crippen LogP contribution in [-0.4, -0.2) is 49.8 Å². The molecule has 1 aromatic rings. The van der Waals surface area contributed by atoms with Gasteiger partial charge in [0.15, 0.2) is 0 Å². The highest BCUT2D eigenvalue weighted by atomic mass is 32.2. The highest BCUT2D eigenvalue weighted by Gasteiger charge is 2.16. The van der Waals surface area contributed by atoms with Crippen LogP contribution in [-0.2, 0) is 16.6 Å². The van der Waals surface area contributed by atoms with Crippen LogP contribution in [0.15, 0.2) is 17.3 Å². The maximum atomic E-state index is 12.1. The maximum Gasteiger partial charge on any atom is 0.243 e. The molecule has 0 aliphatic rings. The molecule has 116 valence electrons. The van der Waals surface area contributed by atoms with Gasteiger partial charge in [-0.1, -0.05) is 6.92 Å². The summed E-state index contributed by atoms with van der Waals surface area (Å²) in [5, 5.41) is 7.57. The van der Waals surface area contributed by atoms with Crippen LogP contribution in [0.2, 0.25) is 0 Å². The van der Waals surface area contributed by atoms with E-state index in [0.29, 0.717) is 18.3 Å². The van der Waals surface area contributed by atoms with Crippen molar-refractivity contribution in [1.82, 2.24) is 19.8 Å². The molecule has 20 heavy (non-hydrogen) atoms. The van der Waals surface area contributed by atoms with E-state index >= 15 is 0 Å². The summed E-state index contributed by atoms with van der Waals surface area (Å²) >= 11 is 1.73. The van der Waals surface area contributed by atoms with E-state index in [9.17, 15) is 8.42 Å². The molecule has 1 rings (SSSR count). The first-order chi connectivity index (χ1) is 9.49. The smallest absolute Gasteiger partial charge is 0.243 e. The average Bonchev–Trinajstić information content (AvgIpc) is 2.88. The van der Waals surface area contributed by atoms with Gasteiger partial charge in [0.1, 0.15) is 4.90 Å². The number of thioether (sulfide) groups is 1. The minimum Gasteiger partial charge on any atom is -0.320 e. The van der Waals surface area contributed by atoms with Crippen molar-refractivity contribution in [2.24, 2.45) is 0 Å². The Morgan fingerprint density at radius 2 is 2.20 bits per heavy atom. The summed E-state index contributed by atoms with van der Waals surface area (Å²) in [7, 11) is -1.54. The quantitative estimate of drug-likeness (QED) is 0.627. The molecule has 0 spiro atoms. The van der Waals surface area contributed by atoms with Crippen LogP contribution in [0, 0.1) is 0 Å². The molecule has 0 fully saturated rings. The minimum absolute atomic E-state index is 0.235. The van der Waals surface area contributed by atoms with Gasteiger partial charge < -0.3 is 5.32 Å². The van der Waals surface area contributed by atoms with Crippen molar-refractivity contribution in [1.29, 1.82) is 0 Å². The summed E-state index contributed by atoms with van der Waals surface area (Å²) in [5.74, 6) is 0. The molecule has 0 radical (unpaired) electrons. The van der Waals surface area contributed by atoms with Gasteiger partial charge in [0, 0.05) is 24.5 Å². The lowest BCUT2D eigenvalue weighted by molar-refractivity contribution is 0.559. The highest BCUT2D eigenvalue weighted by molar-refractivity contribution is 7.99. The molecule has 6 nitrogen and oxygen atoms in total. The molecular weight excluding hydrogens is 296 g/mol. The van der Waals surface area contributed by atoms with Crippen molar-refractivity contribution in [3.8, 4) is 0 Å². The third-order valence-corrected chi connectivity index (χ3v) is 5.44. The molecule has 1 unspecified atom stereocenters. The first-order valence-electron chi connectivity index (χ1n) is 6.69. The maximum absolute atomic E-state index is 12.1. The van der Waals surface area contributed by atoms with Gasteiger partial charge in [-0.25, -0.2) is 13.1 Å². The molecule has 0 bridgehead atoms. The zero-order valence-corrected chi connectivity index (χ0v) is 13.9. The number of hydrogen-bond acceptors (Lipinski definition) is 5. The van der Waals surface area contributed by atoms with Gasteiger partial charge in [0.25, 0.3) is 0 Å². The molecular formula is C12H24N4O2S2. The fraction of sp³-hybridized carbons (Fsp3) is 0.750. The summed E-state index contributed by atoms with van der Waals surface area (Å²) in [4.78, 5) is 0.235. The van der Waals surface area contributed by atoms with Crippen molar-refractivity contribution in [2.45, 2.75) is 36.5 Å². The van der Waals surface area contributed by atoms with E-state index in [1.165, 1.54) is 6.20 Å². The van der Waals surface area contributed by atoms with Crippen LogP contribution in [0.5, 0.6) is 0 Å². The van der Waals surface area contributed by atoms with Crippen molar-refractivity contribution in [3.63, 3.8) is 0 Å². The van der Waals surface area contributed by atoms with Gasteiger partial charge in [-0.2, -0.15) is 16.9 Å². The number of aryl methyl sites for hydroxylation is 1. The van der Waals surface area contributed by atoms with E-state index in [1.807, 2.05) is 13.3 Å². The topological polar surface area (TPSA) is 76.0 Å². The fourth-order valence-electron chi connectivity index (χ4n) is 1.62. The molecule has 2 N–H and O–H groups in total. The van der Waals surface area contributed by atoms with Crippen LogP contribution < -0.4 is 10.0 Å². The molecule has 1 heterocycles. The molecule has 8 heteroatoms. The zero-order valence-electron chi connectivity index (χ0n) is 12.3. The highest BCUT2D eigenvalue weighted by Crippen LogP contribution is 2.10. The number of nitrogens with one attached hydrogen (secondary N) is 2. The largest absolute Gasteiger partial charge is 0.320 e. The van der Waals surface area contributed by atoms with Crippen LogP contribution in [0.4, 0.5) is 0 Å². The molecule has 0 aliphatic carbocycles. The van der Waals surface area contributed by atoms with Crippen LogP contribution >= 0.6 is 11.8 Å². The van der Waals surface area contributed by atoms with Crippen LogP contribution in [0.3, 0.4) is 0 Å². The Hall–Kier alpha value is -0.570. The fourth-order valence-corrected chi connectivity index (χ4v) is 2.97. The van der Waals surface area contributed by atoms with Gasteiger partial charge in [0.05, 0.1) is 6.20 Å². The lowest BCUT2D eigenvalue weighted by atomic mass is 10.3. The molecule has 1 aromatic heterocycles. The lowest BCUT2D eigenvalue weighted by Crippen LogP contribution is -2.26. The van der Waals surface area contributed by atoms with Gasteiger partial charge in [-0.05, 0) is 32.7 Å². The van der Waals surface area contributed by atoms with E-state index in [2.05, 4.69) is 22.1 Å². The number of nitrogens with zero attached hydrogens (tertiary/aromatic N) is 2. The Morgan fingerprint density at radius 1 is 1.45 bits per heavy atom. The monoisotopic (exact) mass is 320 g/mol. The van der Waals surface area contributed by atoms with Gasteiger partial charge in [-0.15, -0.1) is 0 Å². The Morgan fingerprint density at radius 3 is 2.85 bits per heavy atom. The second-order valence-electron chi connectivity index (χ2n) is 4.63. The Labute approximate surface area is 125 Å². The summed E-state index contributed by atoms with van der Waals surface area (Å²) in [6.07, 6.45) is 6.73. The second kappa shape index (κ2) is 8.66. The molecule has 0 saturated carbocycles. The summed E-state index contributed by atoms with van der Waals surface area (Å²) in [5.41, 5.74) is 0. The van der Waals surface area contributed by atoms with E-state index in [1.54, 1.807) is 22.6 Å². The summed E-state index contributed by atoms with van der Waals surface area (Å²) in [6.45, 7) is 4.13. The second-order valence-corrected chi connectivity index (χ2v) is 7.67. The Kier molecular flexibility index (Phi) is 7.57. The number of aromatic nitrogens is 2. The first-order valence-corrected chi connectivity index (χ1v) is 9.46. The van der Waals surface area contributed by atoms with Gasteiger partial charge in [-0.3, -0.25) is 4.68 Å². The predicted molar refractivity (Wildman–Crippen MR) is 83.6 cm³/mol. The standard InChI is InChI=1S/C12H24N4O2S2/c1-11(19-3)5-7-15-20(17,18)12-9-14-16(10-12)8-4-6-13-2/h9-11,13,15H,4-8H2,1-3H3. The van der Waals surface area contributed by atoms with Crippen molar-refractivity contribution in [2.75, 3.05) is 26.4 Å². The lowest BCUT2D eigenvalue weighted by Gasteiger charge is -2.08. The van der Waals surface area contributed by atoms with E-state index in [4.69, 9.17) is 0 Å². The molecule has 1 atom stereocenters. The molecule has 0 aromatic carbocycles. The van der Waals surface area contributed by atoms with Crippen molar-refractivity contribution < 1.29 is 8.42 Å². The average molecular weight is 320 g/mol. The van der Waals surface area contributed by atoms with E-state index in [-0.39, 0.29) is 4.90 Å². The summed E-state index contributed by atoms with van der Waals surface area (Å²) in [6, 6.07) is 0. The van der Waals surface area contributed by atoms with Crippen molar-refractivity contribution in [3.05, 3.63) is 12.4 Å².